The van der Waals surface area contributed by atoms with Crippen molar-refractivity contribution in [2.45, 2.75) is 13.0 Å². The lowest BCUT2D eigenvalue weighted by Gasteiger charge is -2.19. The Morgan fingerprint density at radius 3 is 3.00 bits per heavy atom. The molecule has 0 amide bonds. The van der Waals surface area contributed by atoms with E-state index in [1.165, 1.54) is 17.3 Å². The molecule has 0 radical (unpaired) electrons. The molecule has 0 unspecified atom stereocenters. The summed E-state index contributed by atoms with van der Waals surface area (Å²) in [5.74, 6) is -0.202. The van der Waals surface area contributed by atoms with Gasteiger partial charge in [-0.25, -0.2) is 9.37 Å². The van der Waals surface area contributed by atoms with Gasteiger partial charge in [-0.15, -0.1) is 0 Å². The van der Waals surface area contributed by atoms with Crippen LogP contribution in [0.25, 0.3) is 21.8 Å². The quantitative estimate of drug-likeness (QED) is 0.631. The molecule has 5 nitrogen and oxygen atoms in total. The van der Waals surface area contributed by atoms with Gasteiger partial charge < -0.3 is 9.88 Å². The Labute approximate surface area is 137 Å². The molecule has 0 spiro atoms. The second-order valence-electron chi connectivity index (χ2n) is 6.21. The van der Waals surface area contributed by atoms with Crippen molar-refractivity contribution in [2.24, 2.45) is 0 Å². The summed E-state index contributed by atoms with van der Waals surface area (Å²) in [5, 5.41) is 6.20. The molecule has 3 heterocycles. The van der Waals surface area contributed by atoms with Crippen LogP contribution >= 0.6 is 0 Å². The summed E-state index contributed by atoms with van der Waals surface area (Å²) in [7, 11) is 0. The van der Waals surface area contributed by atoms with E-state index in [1.54, 1.807) is 18.7 Å². The van der Waals surface area contributed by atoms with Gasteiger partial charge in [0, 0.05) is 35.1 Å². The first-order chi connectivity index (χ1) is 11.8. The Hall–Kier alpha value is -2.89. The number of nitrogens with one attached hydrogen (secondary N) is 1. The zero-order valence-electron chi connectivity index (χ0n) is 13.0. The highest BCUT2D eigenvalue weighted by Gasteiger charge is 2.21. The molecule has 6 heteroatoms. The average Bonchev–Trinajstić information content (AvgIpc) is 3.30. The molecule has 0 aliphatic carbocycles. The van der Waals surface area contributed by atoms with Gasteiger partial charge in [-0.05, 0) is 30.2 Å². The standard InChI is InChI=1S/C18H16FN5/c19-15-3-1-2-13-14-8-12-4-5-23(6-7-24-11-20-10-21-24)17(12)9-16(14)22-18(13)15/h1-3,8-11,22H,4-7H2. The highest BCUT2D eigenvalue weighted by molar-refractivity contribution is 6.08. The summed E-state index contributed by atoms with van der Waals surface area (Å²) < 4.78 is 15.9. The molecule has 0 fully saturated rings. The highest BCUT2D eigenvalue weighted by Crippen LogP contribution is 2.35. The number of H-pyrrole nitrogens is 1. The molecule has 120 valence electrons. The van der Waals surface area contributed by atoms with Gasteiger partial charge in [-0.1, -0.05) is 12.1 Å². The second-order valence-corrected chi connectivity index (χ2v) is 6.21. The van der Waals surface area contributed by atoms with Crippen LogP contribution in [-0.4, -0.2) is 32.8 Å². The second kappa shape index (κ2) is 5.06. The van der Waals surface area contributed by atoms with Crippen LogP contribution in [0.3, 0.4) is 0 Å². The van der Waals surface area contributed by atoms with Gasteiger partial charge in [-0.3, -0.25) is 4.68 Å². The fourth-order valence-corrected chi connectivity index (χ4v) is 3.64. The number of anilines is 1. The van der Waals surface area contributed by atoms with Crippen molar-refractivity contribution in [3.8, 4) is 0 Å². The van der Waals surface area contributed by atoms with Gasteiger partial charge in [0.15, 0.2) is 0 Å². The molecule has 1 aliphatic heterocycles. The van der Waals surface area contributed by atoms with E-state index in [0.29, 0.717) is 5.52 Å². The average molecular weight is 321 g/mol. The lowest BCUT2D eigenvalue weighted by molar-refractivity contribution is 0.601. The van der Waals surface area contributed by atoms with E-state index in [4.69, 9.17) is 0 Å². The monoisotopic (exact) mass is 321 g/mol. The number of halogens is 1. The van der Waals surface area contributed by atoms with Crippen LogP contribution < -0.4 is 4.90 Å². The lowest BCUT2D eigenvalue weighted by Crippen LogP contribution is -2.25. The molecule has 24 heavy (non-hydrogen) atoms. The molecule has 0 saturated carbocycles. The van der Waals surface area contributed by atoms with E-state index in [0.717, 1.165) is 42.3 Å². The first-order valence-corrected chi connectivity index (χ1v) is 8.10. The lowest BCUT2D eigenvalue weighted by atomic mass is 10.1. The molecule has 1 aliphatic rings. The Kier molecular flexibility index (Phi) is 2.85. The number of hydrogen-bond acceptors (Lipinski definition) is 3. The number of benzene rings is 2. The number of aromatic amines is 1. The third kappa shape index (κ3) is 1.99. The van der Waals surface area contributed by atoms with Gasteiger partial charge in [0.25, 0.3) is 0 Å². The van der Waals surface area contributed by atoms with Crippen molar-refractivity contribution in [1.29, 1.82) is 0 Å². The van der Waals surface area contributed by atoms with Gasteiger partial charge in [0.1, 0.15) is 18.5 Å². The molecule has 0 bridgehead atoms. The number of rotatable bonds is 3. The van der Waals surface area contributed by atoms with E-state index < -0.39 is 0 Å². The van der Waals surface area contributed by atoms with Gasteiger partial charge in [0.2, 0.25) is 0 Å². The number of nitrogens with zero attached hydrogens (tertiary/aromatic N) is 4. The van der Waals surface area contributed by atoms with E-state index in [1.807, 2.05) is 10.7 Å². The topological polar surface area (TPSA) is 49.7 Å². The first-order valence-electron chi connectivity index (χ1n) is 8.10. The summed E-state index contributed by atoms with van der Waals surface area (Å²) in [6.45, 7) is 2.69. The highest BCUT2D eigenvalue weighted by atomic mass is 19.1. The maximum Gasteiger partial charge on any atom is 0.147 e. The van der Waals surface area contributed by atoms with Crippen molar-refractivity contribution in [3.05, 3.63) is 54.4 Å². The maximum absolute atomic E-state index is 14.0. The zero-order chi connectivity index (χ0) is 16.1. The fourth-order valence-electron chi connectivity index (χ4n) is 3.64. The number of fused-ring (bicyclic) bond motifs is 4. The van der Waals surface area contributed by atoms with Crippen molar-refractivity contribution in [3.63, 3.8) is 0 Å². The Balaban J connectivity index is 1.55. The molecule has 1 N–H and O–H groups in total. The van der Waals surface area contributed by atoms with E-state index >= 15 is 0 Å². The van der Waals surface area contributed by atoms with E-state index in [2.05, 4.69) is 32.1 Å². The molecular formula is C18H16FN5. The largest absolute Gasteiger partial charge is 0.369 e. The third-order valence-corrected chi connectivity index (χ3v) is 4.84. The summed E-state index contributed by atoms with van der Waals surface area (Å²) >= 11 is 0. The maximum atomic E-state index is 14.0. The fraction of sp³-hybridized carbons (Fsp3) is 0.222. The minimum Gasteiger partial charge on any atom is -0.369 e. The van der Waals surface area contributed by atoms with Crippen LogP contribution in [0.5, 0.6) is 0 Å². The van der Waals surface area contributed by atoms with E-state index in [-0.39, 0.29) is 5.82 Å². The van der Waals surface area contributed by atoms with Crippen molar-refractivity contribution in [1.82, 2.24) is 19.7 Å². The number of para-hydroxylation sites is 1. The van der Waals surface area contributed by atoms with Gasteiger partial charge in [0.05, 0.1) is 12.1 Å². The van der Waals surface area contributed by atoms with Crippen LogP contribution in [0.1, 0.15) is 5.56 Å². The summed E-state index contributed by atoms with van der Waals surface area (Å²) in [6.07, 6.45) is 4.31. The minimum absolute atomic E-state index is 0.202. The van der Waals surface area contributed by atoms with Gasteiger partial charge >= 0.3 is 0 Å². The van der Waals surface area contributed by atoms with E-state index in [9.17, 15) is 4.39 Å². The first kappa shape index (κ1) is 13.5. The van der Waals surface area contributed by atoms with Crippen LogP contribution in [0.15, 0.2) is 43.0 Å². The molecule has 0 saturated heterocycles. The Morgan fingerprint density at radius 1 is 1.17 bits per heavy atom. The SMILES string of the molecule is Fc1cccc2c1[nH]c1cc3c(cc12)CCN3CCn1cncn1. The molecule has 2 aromatic carbocycles. The van der Waals surface area contributed by atoms with Crippen LogP contribution in [0.2, 0.25) is 0 Å². The minimum atomic E-state index is -0.202. The van der Waals surface area contributed by atoms with Crippen molar-refractivity contribution < 1.29 is 4.39 Å². The predicted octanol–water partition coefficient (Wildman–Crippen LogP) is 3.11. The normalized spacial score (nSPS) is 14.0. The summed E-state index contributed by atoms with van der Waals surface area (Å²) in [6, 6.07) is 9.59. The summed E-state index contributed by atoms with van der Waals surface area (Å²) in [5.41, 5.74) is 4.13. The van der Waals surface area contributed by atoms with Crippen LogP contribution in [0, 0.1) is 5.82 Å². The van der Waals surface area contributed by atoms with Crippen LogP contribution in [0.4, 0.5) is 10.1 Å². The smallest absolute Gasteiger partial charge is 0.147 e. The third-order valence-electron chi connectivity index (χ3n) is 4.84. The molecule has 0 atom stereocenters. The van der Waals surface area contributed by atoms with Crippen molar-refractivity contribution >= 4 is 27.5 Å². The Bertz CT molecular complexity index is 1030. The van der Waals surface area contributed by atoms with Crippen molar-refractivity contribution in [2.75, 3.05) is 18.0 Å². The Morgan fingerprint density at radius 2 is 2.12 bits per heavy atom. The number of hydrogen-bond donors (Lipinski definition) is 1. The number of aromatic nitrogens is 4. The molecule has 4 aromatic rings. The summed E-state index contributed by atoms with van der Waals surface area (Å²) in [4.78, 5) is 9.57. The molecular weight excluding hydrogens is 305 g/mol. The molecule has 2 aromatic heterocycles. The molecule has 5 rings (SSSR count). The predicted molar refractivity (Wildman–Crippen MR) is 91.7 cm³/mol. The van der Waals surface area contributed by atoms with Crippen LogP contribution in [-0.2, 0) is 13.0 Å². The zero-order valence-corrected chi connectivity index (χ0v) is 13.0. The van der Waals surface area contributed by atoms with Gasteiger partial charge in [-0.2, -0.15) is 5.10 Å².